The Hall–Kier alpha value is 0.0700. The van der Waals surface area contributed by atoms with Gasteiger partial charge in [-0.25, -0.2) is 0 Å². The van der Waals surface area contributed by atoms with Crippen LogP contribution in [0.5, 0.6) is 0 Å². The van der Waals surface area contributed by atoms with E-state index in [4.69, 9.17) is 5.73 Å². The van der Waals surface area contributed by atoms with Gasteiger partial charge in [0.2, 0.25) is 5.91 Å². The number of piperidine rings is 1. The molecule has 1 fully saturated rings. The smallest absolute Gasteiger partial charge is 0.232 e. The number of carbonyl (C=O) groups excluding carboxylic acids is 1. The summed E-state index contributed by atoms with van der Waals surface area (Å²) in [6, 6.07) is 0.256. The lowest BCUT2D eigenvalue weighted by molar-refractivity contribution is -0.132. The number of hydrogen-bond donors (Lipinski definition) is 1. The zero-order valence-corrected chi connectivity index (χ0v) is 13.6. The lowest BCUT2D eigenvalue weighted by Gasteiger charge is -2.38. The van der Waals surface area contributed by atoms with Gasteiger partial charge in [0, 0.05) is 23.9 Å². The van der Waals surface area contributed by atoms with Crippen LogP contribution in [0.15, 0.2) is 0 Å². The second kappa shape index (κ2) is 7.61. The minimum absolute atomic E-state index is 0. The monoisotopic (exact) mass is 294 g/mol. The van der Waals surface area contributed by atoms with Crippen molar-refractivity contribution < 1.29 is 4.79 Å². The Morgan fingerprint density at radius 2 is 2.06 bits per heavy atom. The van der Waals surface area contributed by atoms with Gasteiger partial charge in [0.15, 0.2) is 0 Å². The van der Waals surface area contributed by atoms with Gasteiger partial charge in [-0.1, -0.05) is 27.7 Å². The van der Waals surface area contributed by atoms with Gasteiger partial charge in [-0.2, -0.15) is 0 Å². The molecule has 1 aliphatic rings. The van der Waals surface area contributed by atoms with E-state index in [-0.39, 0.29) is 29.1 Å². The highest BCUT2D eigenvalue weighted by Gasteiger charge is 2.29. The second-order valence-electron chi connectivity index (χ2n) is 6.01. The van der Waals surface area contributed by atoms with Gasteiger partial charge >= 0.3 is 0 Å². The Morgan fingerprint density at radius 3 is 2.56 bits per heavy atom. The van der Waals surface area contributed by atoms with Crippen LogP contribution in [-0.4, -0.2) is 40.4 Å². The highest BCUT2D eigenvalue weighted by atomic mass is 35.5. The van der Waals surface area contributed by atoms with Crippen molar-refractivity contribution in [3.8, 4) is 0 Å². The van der Waals surface area contributed by atoms with E-state index in [2.05, 4.69) is 27.7 Å². The second-order valence-corrected chi connectivity index (χ2v) is 7.81. The Bertz CT molecular complexity index is 268. The van der Waals surface area contributed by atoms with E-state index < -0.39 is 0 Å². The van der Waals surface area contributed by atoms with E-state index in [0.717, 1.165) is 19.4 Å². The van der Waals surface area contributed by atoms with Gasteiger partial charge in [-0.05, 0) is 18.8 Å². The zero-order valence-electron chi connectivity index (χ0n) is 11.9. The first-order valence-electron chi connectivity index (χ1n) is 6.47. The highest BCUT2D eigenvalue weighted by molar-refractivity contribution is 8.01. The summed E-state index contributed by atoms with van der Waals surface area (Å²) in [6.45, 7) is 10.1. The molecule has 0 aromatic rings. The van der Waals surface area contributed by atoms with Crippen LogP contribution >= 0.6 is 24.2 Å². The number of amides is 1. The van der Waals surface area contributed by atoms with Crippen molar-refractivity contribution in [2.75, 3.05) is 18.8 Å². The van der Waals surface area contributed by atoms with Gasteiger partial charge in [0.25, 0.3) is 0 Å². The Morgan fingerprint density at radius 1 is 1.44 bits per heavy atom. The molecule has 1 amide bonds. The highest BCUT2D eigenvalue weighted by Crippen LogP contribution is 2.26. The molecule has 1 aliphatic heterocycles. The quantitative estimate of drug-likeness (QED) is 0.870. The number of nitrogens with zero attached hydrogens (tertiary/aromatic N) is 1. The molecule has 0 aliphatic carbocycles. The Labute approximate surface area is 122 Å². The lowest BCUT2D eigenvalue weighted by atomic mass is 9.92. The van der Waals surface area contributed by atoms with Crippen LogP contribution in [0.4, 0.5) is 0 Å². The van der Waals surface area contributed by atoms with Gasteiger partial charge in [-0.3, -0.25) is 4.79 Å². The molecule has 1 heterocycles. The molecule has 0 spiro atoms. The predicted molar refractivity (Wildman–Crippen MR) is 82.4 cm³/mol. The maximum atomic E-state index is 12.2. The molecule has 5 heteroatoms. The third-order valence-electron chi connectivity index (χ3n) is 3.20. The van der Waals surface area contributed by atoms with Crippen LogP contribution in [-0.2, 0) is 4.79 Å². The summed E-state index contributed by atoms with van der Waals surface area (Å²) < 4.78 is 0.150. The third kappa shape index (κ3) is 5.81. The van der Waals surface area contributed by atoms with Crippen molar-refractivity contribution in [3.05, 3.63) is 0 Å². The molecule has 0 bridgehead atoms. The standard InChI is InChI=1S/C13H26N2OS.ClH/c1-10-5-6-15(11(7-10)8-14)12(16)9-17-13(2,3)4;/h10-11H,5-9,14H2,1-4H3;1H. The fourth-order valence-electron chi connectivity index (χ4n) is 2.16. The molecule has 0 saturated carbocycles. The predicted octanol–water partition coefficient (Wildman–Crippen LogP) is 2.53. The van der Waals surface area contributed by atoms with E-state index in [9.17, 15) is 4.79 Å². The summed E-state index contributed by atoms with van der Waals surface area (Å²) in [7, 11) is 0. The van der Waals surface area contributed by atoms with E-state index in [1.54, 1.807) is 11.8 Å². The minimum atomic E-state index is 0. The first-order chi connectivity index (χ1) is 7.83. The number of halogens is 1. The average molecular weight is 295 g/mol. The molecule has 1 saturated heterocycles. The number of hydrogen-bond acceptors (Lipinski definition) is 3. The summed E-state index contributed by atoms with van der Waals surface area (Å²) in [5, 5.41) is 0. The van der Waals surface area contributed by atoms with Crippen molar-refractivity contribution in [3.63, 3.8) is 0 Å². The van der Waals surface area contributed by atoms with Crippen LogP contribution in [0.2, 0.25) is 0 Å². The molecule has 0 aromatic heterocycles. The first kappa shape index (κ1) is 18.1. The van der Waals surface area contributed by atoms with E-state index in [0.29, 0.717) is 18.2 Å². The van der Waals surface area contributed by atoms with Crippen LogP contribution in [0.1, 0.15) is 40.5 Å². The fraction of sp³-hybridized carbons (Fsp3) is 0.923. The van der Waals surface area contributed by atoms with Crippen molar-refractivity contribution in [2.24, 2.45) is 11.7 Å². The van der Waals surface area contributed by atoms with E-state index >= 15 is 0 Å². The van der Waals surface area contributed by atoms with Crippen LogP contribution in [0.25, 0.3) is 0 Å². The third-order valence-corrected chi connectivity index (χ3v) is 4.46. The summed E-state index contributed by atoms with van der Waals surface area (Å²) >= 11 is 1.72. The Balaban J connectivity index is 0.00000289. The van der Waals surface area contributed by atoms with Gasteiger partial charge in [0.1, 0.15) is 0 Å². The molecular weight excluding hydrogens is 268 g/mol. The number of rotatable bonds is 3. The van der Waals surface area contributed by atoms with Crippen LogP contribution in [0.3, 0.4) is 0 Å². The van der Waals surface area contributed by atoms with Crippen LogP contribution < -0.4 is 5.73 Å². The number of likely N-dealkylation sites (tertiary alicyclic amines) is 1. The molecule has 18 heavy (non-hydrogen) atoms. The normalized spacial score (nSPS) is 24.6. The topological polar surface area (TPSA) is 46.3 Å². The number of nitrogens with two attached hydrogens (primary N) is 1. The molecule has 2 N–H and O–H groups in total. The molecule has 0 radical (unpaired) electrons. The average Bonchev–Trinajstić information content (AvgIpc) is 2.24. The molecule has 1 rings (SSSR count). The van der Waals surface area contributed by atoms with Crippen molar-refractivity contribution in [2.45, 2.75) is 51.3 Å². The van der Waals surface area contributed by atoms with Crippen molar-refractivity contribution in [1.82, 2.24) is 4.90 Å². The molecule has 3 nitrogen and oxygen atoms in total. The molecule has 2 unspecified atom stereocenters. The first-order valence-corrected chi connectivity index (χ1v) is 7.45. The fourth-order valence-corrected chi connectivity index (χ4v) is 2.89. The maximum Gasteiger partial charge on any atom is 0.232 e. The van der Waals surface area contributed by atoms with Gasteiger partial charge in [-0.15, -0.1) is 24.2 Å². The largest absolute Gasteiger partial charge is 0.338 e. The molecular formula is C13H27ClN2OS. The SMILES string of the molecule is CC1CCN(C(=O)CSC(C)(C)C)C(CN)C1.Cl. The van der Waals surface area contributed by atoms with Crippen LogP contribution in [0, 0.1) is 5.92 Å². The lowest BCUT2D eigenvalue weighted by Crippen LogP contribution is -2.50. The van der Waals surface area contributed by atoms with Crippen molar-refractivity contribution in [1.29, 1.82) is 0 Å². The Kier molecular flexibility index (Phi) is 7.64. The van der Waals surface area contributed by atoms with Gasteiger partial charge in [0.05, 0.1) is 5.75 Å². The van der Waals surface area contributed by atoms with E-state index in [1.165, 1.54) is 0 Å². The minimum Gasteiger partial charge on any atom is -0.338 e. The molecule has 108 valence electrons. The number of carbonyl (C=O) groups is 1. The summed E-state index contributed by atoms with van der Waals surface area (Å²) in [5.41, 5.74) is 5.77. The van der Waals surface area contributed by atoms with Gasteiger partial charge < -0.3 is 10.6 Å². The number of thioether (sulfide) groups is 1. The summed E-state index contributed by atoms with van der Waals surface area (Å²) in [5.74, 6) is 1.53. The zero-order chi connectivity index (χ0) is 13.1. The molecule has 2 atom stereocenters. The maximum absolute atomic E-state index is 12.2. The van der Waals surface area contributed by atoms with E-state index in [1.807, 2.05) is 4.90 Å². The summed E-state index contributed by atoms with van der Waals surface area (Å²) in [6.07, 6.45) is 2.17. The molecule has 0 aromatic carbocycles. The summed E-state index contributed by atoms with van der Waals surface area (Å²) in [4.78, 5) is 14.2. The van der Waals surface area contributed by atoms with Crippen molar-refractivity contribution >= 4 is 30.1 Å².